The first kappa shape index (κ1) is 10.1. The first-order valence-corrected chi connectivity index (χ1v) is 5.66. The Morgan fingerprint density at radius 2 is 2.17 bits per heavy atom. The standard InChI is InChI=1S/C9H10Br2O/c1-2-12-9-5-7(6-10)3-4-8(9)11/h3-5H,2,6H2,1H3. The van der Waals surface area contributed by atoms with Crippen molar-refractivity contribution in [3.63, 3.8) is 0 Å². The molecule has 1 rings (SSSR count). The minimum atomic E-state index is 0.699. The van der Waals surface area contributed by atoms with Gasteiger partial charge in [0.1, 0.15) is 5.75 Å². The maximum Gasteiger partial charge on any atom is 0.133 e. The molecule has 0 unspecified atom stereocenters. The molecule has 0 saturated heterocycles. The van der Waals surface area contributed by atoms with Crippen molar-refractivity contribution in [3.05, 3.63) is 28.2 Å². The highest BCUT2D eigenvalue weighted by atomic mass is 79.9. The molecule has 0 N–H and O–H groups in total. The summed E-state index contributed by atoms with van der Waals surface area (Å²) in [7, 11) is 0. The van der Waals surface area contributed by atoms with E-state index in [1.807, 2.05) is 19.1 Å². The summed E-state index contributed by atoms with van der Waals surface area (Å²) in [5.74, 6) is 0.912. The molecular formula is C9H10Br2O. The molecule has 12 heavy (non-hydrogen) atoms. The summed E-state index contributed by atoms with van der Waals surface area (Å²) in [6, 6.07) is 6.09. The topological polar surface area (TPSA) is 9.23 Å². The van der Waals surface area contributed by atoms with Crippen LogP contribution in [0.15, 0.2) is 22.7 Å². The number of halogens is 2. The fourth-order valence-corrected chi connectivity index (χ4v) is 1.61. The Morgan fingerprint density at radius 1 is 1.42 bits per heavy atom. The van der Waals surface area contributed by atoms with E-state index in [9.17, 15) is 0 Å². The second kappa shape index (κ2) is 4.87. The van der Waals surface area contributed by atoms with E-state index in [0.717, 1.165) is 15.6 Å². The Balaban J connectivity index is 2.91. The fraction of sp³-hybridized carbons (Fsp3) is 0.333. The lowest BCUT2D eigenvalue weighted by Crippen LogP contribution is -1.93. The summed E-state index contributed by atoms with van der Waals surface area (Å²) in [4.78, 5) is 0. The van der Waals surface area contributed by atoms with E-state index in [0.29, 0.717) is 6.61 Å². The van der Waals surface area contributed by atoms with Gasteiger partial charge in [-0.05, 0) is 40.5 Å². The van der Waals surface area contributed by atoms with Gasteiger partial charge in [-0.2, -0.15) is 0 Å². The van der Waals surface area contributed by atoms with Crippen LogP contribution in [0.4, 0.5) is 0 Å². The fourth-order valence-electron chi connectivity index (χ4n) is 0.897. The lowest BCUT2D eigenvalue weighted by atomic mass is 10.2. The molecule has 3 heteroatoms. The molecular weight excluding hydrogens is 284 g/mol. The average molecular weight is 294 g/mol. The van der Waals surface area contributed by atoms with Gasteiger partial charge in [-0.15, -0.1) is 0 Å². The van der Waals surface area contributed by atoms with Gasteiger partial charge in [0.25, 0.3) is 0 Å². The number of rotatable bonds is 3. The van der Waals surface area contributed by atoms with Crippen LogP contribution in [0.1, 0.15) is 12.5 Å². The van der Waals surface area contributed by atoms with Crippen LogP contribution >= 0.6 is 31.9 Å². The van der Waals surface area contributed by atoms with Gasteiger partial charge in [0.2, 0.25) is 0 Å². The molecule has 1 aromatic rings. The molecule has 0 saturated carbocycles. The maximum absolute atomic E-state index is 5.41. The number of alkyl halides is 1. The van der Waals surface area contributed by atoms with Crippen LogP contribution in [0.25, 0.3) is 0 Å². The molecule has 0 fully saturated rings. The largest absolute Gasteiger partial charge is 0.493 e. The first-order valence-electron chi connectivity index (χ1n) is 3.75. The summed E-state index contributed by atoms with van der Waals surface area (Å²) in [6.07, 6.45) is 0. The number of hydrogen-bond acceptors (Lipinski definition) is 1. The van der Waals surface area contributed by atoms with Gasteiger partial charge in [0.05, 0.1) is 11.1 Å². The Hall–Kier alpha value is -0.0200. The molecule has 1 aromatic carbocycles. The van der Waals surface area contributed by atoms with E-state index in [1.165, 1.54) is 5.56 Å². The van der Waals surface area contributed by atoms with Crippen LogP contribution in [0, 0.1) is 0 Å². The molecule has 0 amide bonds. The maximum atomic E-state index is 5.41. The highest BCUT2D eigenvalue weighted by Gasteiger charge is 2.00. The van der Waals surface area contributed by atoms with Crippen molar-refractivity contribution in [2.75, 3.05) is 6.61 Å². The van der Waals surface area contributed by atoms with Crippen molar-refractivity contribution in [2.24, 2.45) is 0 Å². The predicted molar refractivity (Wildman–Crippen MR) is 57.9 cm³/mol. The molecule has 0 aliphatic rings. The predicted octanol–water partition coefficient (Wildman–Crippen LogP) is 3.74. The van der Waals surface area contributed by atoms with Crippen LogP contribution in [0.3, 0.4) is 0 Å². The smallest absolute Gasteiger partial charge is 0.133 e. The average Bonchev–Trinajstić information content (AvgIpc) is 2.09. The third-order valence-corrected chi connectivity index (χ3v) is 2.75. The molecule has 0 aromatic heterocycles. The van der Waals surface area contributed by atoms with Crippen molar-refractivity contribution in [1.82, 2.24) is 0 Å². The Labute approximate surface area is 89.4 Å². The number of benzene rings is 1. The number of ether oxygens (including phenoxy) is 1. The number of hydrogen-bond donors (Lipinski definition) is 0. The molecule has 0 radical (unpaired) electrons. The van der Waals surface area contributed by atoms with Gasteiger partial charge in [0, 0.05) is 5.33 Å². The van der Waals surface area contributed by atoms with Crippen molar-refractivity contribution in [2.45, 2.75) is 12.3 Å². The van der Waals surface area contributed by atoms with E-state index in [-0.39, 0.29) is 0 Å². The first-order chi connectivity index (χ1) is 5.77. The summed E-state index contributed by atoms with van der Waals surface area (Å²) >= 11 is 6.82. The molecule has 66 valence electrons. The van der Waals surface area contributed by atoms with E-state index in [4.69, 9.17) is 4.74 Å². The normalized spacial score (nSPS) is 9.92. The molecule has 1 nitrogen and oxygen atoms in total. The van der Waals surface area contributed by atoms with Gasteiger partial charge in [-0.1, -0.05) is 22.0 Å². The molecule has 0 aliphatic carbocycles. The van der Waals surface area contributed by atoms with Gasteiger partial charge in [0.15, 0.2) is 0 Å². The van der Waals surface area contributed by atoms with E-state index in [1.54, 1.807) is 0 Å². The zero-order valence-corrected chi connectivity index (χ0v) is 9.98. The van der Waals surface area contributed by atoms with Gasteiger partial charge < -0.3 is 4.74 Å². The minimum absolute atomic E-state index is 0.699. The van der Waals surface area contributed by atoms with E-state index < -0.39 is 0 Å². The molecule has 0 spiro atoms. The van der Waals surface area contributed by atoms with E-state index >= 15 is 0 Å². The zero-order valence-electron chi connectivity index (χ0n) is 6.81. The van der Waals surface area contributed by atoms with Gasteiger partial charge >= 0.3 is 0 Å². The highest BCUT2D eigenvalue weighted by Crippen LogP contribution is 2.26. The molecule has 0 aliphatic heterocycles. The van der Waals surface area contributed by atoms with Crippen LogP contribution in [0.2, 0.25) is 0 Å². The molecule has 0 heterocycles. The van der Waals surface area contributed by atoms with Crippen LogP contribution < -0.4 is 4.74 Å². The van der Waals surface area contributed by atoms with Crippen LogP contribution in [-0.2, 0) is 5.33 Å². The second-order valence-corrected chi connectivity index (χ2v) is 3.75. The molecule has 0 atom stereocenters. The Morgan fingerprint density at radius 3 is 2.75 bits per heavy atom. The second-order valence-electron chi connectivity index (χ2n) is 2.33. The van der Waals surface area contributed by atoms with E-state index in [2.05, 4.69) is 37.9 Å². The molecule has 0 bridgehead atoms. The Bertz CT molecular complexity index is 261. The Kier molecular flexibility index (Phi) is 4.09. The van der Waals surface area contributed by atoms with Crippen molar-refractivity contribution in [1.29, 1.82) is 0 Å². The third kappa shape index (κ3) is 2.49. The third-order valence-electron chi connectivity index (χ3n) is 1.45. The van der Waals surface area contributed by atoms with Gasteiger partial charge in [-0.3, -0.25) is 0 Å². The van der Waals surface area contributed by atoms with Crippen molar-refractivity contribution < 1.29 is 4.74 Å². The summed E-state index contributed by atoms with van der Waals surface area (Å²) < 4.78 is 6.42. The lowest BCUT2D eigenvalue weighted by Gasteiger charge is -2.06. The SMILES string of the molecule is CCOc1cc(CBr)ccc1Br. The van der Waals surface area contributed by atoms with Crippen LogP contribution in [-0.4, -0.2) is 6.61 Å². The quantitative estimate of drug-likeness (QED) is 0.772. The van der Waals surface area contributed by atoms with Crippen molar-refractivity contribution in [3.8, 4) is 5.75 Å². The lowest BCUT2D eigenvalue weighted by molar-refractivity contribution is 0.338. The van der Waals surface area contributed by atoms with Crippen molar-refractivity contribution >= 4 is 31.9 Å². The zero-order chi connectivity index (χ0) is 8.97. The minimum Gasteiger partial charge on any atom is -0.493 e. The summed E-state index contributed by atoms with van der Waals surface area (Å²) in [5.41, 5.74) is 1.22. The highest BCUT2D eigenvalue weighted by molar-refractivity contribution is 9.10. The van der Waals surface area contributed by atoms with Crippen LogP contribution in [0.5, 0.6) is 5.75 Å². The monoisotopic (exact) mass is 292 g/mol. The summed E-state index contributed by atoms with van der Waals surface area (Å²) in [6.45, 7) is 2.68. The van der Waals surface area contributed by atoms with Gasteiger partial charge in [-0.25, -0.2) is 0 Å². The summed E-state index contributed by atoms with van der Waals surface area (Å²) in [5, 5.41) is 0.861.